The van der Waals surface area contributed by atoms with Crippen molar-refractivity contribution in [3.8, 4) is 0 Å². The monoisotopic (exact) mass is 366 g/mol. The van der Waals surface area contributed by atoms with Crippen LogP contribution in [0.3, 0.4) is 0 Å². The van der Waals surface area contributed by atoms with E-state index in [0.29, 0.717) is 13.0 Å². The van der Waals surface area contributed by atoms with E-state index >= 15 is 0 Å². The van der Waals surface area contributed by atoms with Crippen LogP contribution < -0.4 is 10.4 Å². The lowest BCUT2D eigenvalue weighted by molar-refractivity contribution is -0.107. The smallest absolute Gasteiger partial charge is 0.261 e. The number of allylic oxidation sites excluding steroid dienone is 1. The summed E-state index contributed by atoms with van der Waals surface area (Å²) in [5.74, 6) is 0. The number of carbonyl (C=O) groups excluding carboxylic acids is 1. The van der Waals surface area contributed by atoms with Crippen molar-refractivity contribution in [2.45, 2.75) is 45.6 Å². The Labute approximate surface area is 159 Å². The summed E-state index contributed by atoms with van der Waals surface area (Å²) in [5, 5.41) is 2.57. The van der Waals surface area contributed by atoms with E-state index in [9.17, 15) is 4.79 Å². The molecule has 0 N–H and O–H groups in total. The molecule has 0 amide bonds. The van der Waals surface area contributed by atoms with Crippen LogP contribution in [0.1, 0.15) is 40.5 Å². The summed E-state index contributed by atoms with van der Waals surface area (Å²) in [6, 6.07) is 21.3. The molecule has 0 aliphatic carbocycles. The lowest BCUT2D eigenvalue weighted by atomic mass is 10.2. The molecule has 0 aliphatic rings. The van der Waals surface area contributed by atoms with Gasteiger partial charge in [-0.2, -0.15) is 0 Å². The van der Waals surface area contributed by atoms with E-state index in [1.165, 1.54) is 15.9 Å². The maximum atomic E-state index is 10.6. The second-order valence-electron chi connectivity index (χ2n) is 7.73. The first-order chi connectivity index (χ1) is 12.4. The van der Waals surface area contributed by atoms with Crippen LogP contribution in [0, 0.1) is 0 Å². The van der Waals surface area contributed by atoms with Crippen molar-refractivity contribution >= 4 is 25.0 Å². The van der Waals surface area contributed by atoms with Gasteiger partial charge in [-0.25, -0.2) is 0 Å². The van der Waals surface area contributed by atoms with Crippen molar-refractivity contribution in [1.82, 2.24) is 0 Å². The third-order valence-electron chi connectivity index (χ3n) is 4.80. The number of hydrogen-bond donors (Lipinski definition) is 0. The molecule has 26 heavy (non-hydrogen) atoms. The Morgan fingerprint density at radius 3 is 1.88 bits per heavy atom. The molecule has 0 heterocycles. The second-order valence-corrected chi connectivity index (χ2v) is 12.0. The molecule has 0 fully saturated rings. The molecule has 0 saturated carbocycles. The second kappa shape index (κ2) is 9.11. The minimum atomic E-state index is -2.46. The molecule has 0 spiro atoms. The minimum absolute atomic E-state index is 0.0136. The Morgan fingerprint density at radius 1 is 0.962 bits per heavy atom. The third kappa shape index (κ3) is 4.60. The lowest BCUT2D eigenvalue weighted by Gasteiger charge is -2.42. The van der Waals surface area contributed by atoms with Gasteiger partial charge in [0.05, 0.1) is 6.61 Å². The highest BCUT2D eigenvalue weighted by molar-refractivity contribution is 6.99. The fourth-order valence-corrected chi connectivity index (χ4v) is 7.95. The number of hydrogen-bond acceptors (Lipinski definition) is 2. The minimum Gasteiger partial charge on any atom is -0.404 e. The van der Waals surface area contributed by atoms with Crippen LogP contribution in [0.5, 0.6) is 0 Å². The van der Waals surface area contributed by atoms with Gasteiger partial charge in [-0.15, -0.1) is 0 Å². The van der Waals surface area contributed by atoms with E-state index in [-0.39, 0.29) is 5.04 Å². The Balaban J connectivity index is 2.46. The predicted molar refractivity (Wildman–Crippen MR) is 113 cm³/mol. The molecule has 0 radical (unpaired) electrons. The highest BCUT2D eigenvalue weighted by Crippen LogP contribution is 2.36. The summed E-state index contributed by atoms with van der Waals surface area (Å²) in [6.45, 7) is 9.47. The SMILES string of the molecule is C/C(=C/CO[Si](c1ccccc1)(c1ccccc1)C(C)(C)C)CCC=O. The van der Waals surface area contributed by atoms with E-state index in [4.69, 9.17) is 4.43 Å². The normalized spacial score (nSPS) is 12.8. The van der Waals surface area contributed by atoms with Crippen LogP contribution in [0.25, 0.3) is 0 Å². The van der Waals surface area contributed by atoms with Crippen LogP contribution in [0.4, 0.5) is 0 Å². The molecule has 0 unspecified atom stereocenters. The number of carbonyl (C=O) groups is 1. The molecule has 0 bridgehead atoms. The van der Waals surface area contributed by atoms with Crippen LogP contribution >= 0.6 is 0 Å². The molecule has 3 heteroatoms. The first-order valence-electron chi connectivity index (χ1n) is 9.26. The zero-order chi connectivity index (χ0) is 19.0. The molecule has 2 rings (SSSR count). The van der Waals surface area contributed by atoms with Crippen molar-refractivity contribution in [2.75, 3.05) is 6.61 Å². The van der Waals surface area contributed by atoms with Gasteiger partial charge in [-0.3, -0.25) is 0 Å². The predicted octanol–water partition coefficient (Wildman–Crippen LogP) is 4.49. The van der Waals surface area contributed by atoms with Gasteiger partial charge in [0.25, 0.3) is 8.32 Å². The molecule has 0 saturated heterocycles. The standard InChI is InChI=1S/C23H30O2Si/c1-20(12-11-18-24)17-19-25-26(23(2,3)4,21-13-7-5-8-14-21)22-15-9-6-10-16-22/h5-10,13-18H,11-12,19H2,1-4H3/b20-17-. The summed E-state index contributed by atoms with van der Waals surface area (Å²) >= 11 is 0. The van der Waals surface area contributed by atoms with Crippen molar-refractivity contribution < 1.29 is 9.22 Å². The highest BCUT2D eigenvalue weighted by atomic mass is 28.4. The molecule has 0 aromatic heterocycles. The third-order valence-corrected chi connectivity index (χ3v) is 9.81. The summed E-state index contributed by atoms with van der Waals surface area (Å²) in [7, 11) is -2.46. The Morgan fingerprint density at radius 2 is 1.46 bits per heavy atom. The van der Waals surface area contributed by atoms with Gasteiger partial charge in [0, 0.05) is 6.42 Å². The van der Waals surface area contributed by atoms with Gasteiger partial charge in [-0.05, 0) is 28.8 Å². The summed E-state index contributed by atoms with van der Waals surface area (Å²) in [5.41, 5.74) is 1.20. The Kier molecular flexibility index (Phi) is 7.12. The molecule has 0 aliphatic heterocycles. The molecule has 0 atom stereocenters. The van der Waals surface area contributed by atoms with Gasteiger partial charge < -0.3 is 9.22 Å². The van der Waals surface area contributed by atoms with E-state index in [1.807, 2.05) is 0 Å². The van der Waals surface area contributed by atoms with Crippen molar-refractivity contribution in [3.63, 3.8) is 0 Å². The molecular formula is C23H30O2Si. The molecule has 138 valence electrons. The van der Waals surface area contributed by atoms with Crippen LogP contribution in [-0.4, -0.2) is 21.2 Å². The van der Waals surface area contributed by atoms with E-state index < -0.39 is 8.32 Å². The molecule has 2 aromatic rings. The molecular weight excluding hydrogens is 336 g/mol. The number of rotatable bonds is 8. The zero-order valence-corrected chi connectivity index (χ0v) is 17.4. The zero-order valence-electron chi connectivity index (χ0n) is 16.4. The summed E-state index contributed by atoms with van der Waals surface area (Å²) in [6.07, 6.45) is 4.47. The molecule has 2 aromatic carbocycles. The van der Waals surface area contributed by atoms with Gasteiger partial charge >= 0.3 is 0 Å². The van der Waals surface area contributed by atoms with Crippen LogP contribution in [0.2, 0.25) is 5.04 Å². The van der Waals surface area contributed by atoms with Crippen LogP contribution in [-0.2, 0) is 9.22 Å². The van der Waals surface area contributed by atoms with E-state index in [2.05, 4.69) is 94.4 Å². The van der Waals surface area contributed by atoms with Gasteiger partial charge in [0.2, 0.25) is 0 Å². The Bertz CT molecular complexity index is 675. The highest BCUT2D eigenvalue weighted by Gasteiger charge is 2.49. The maximum Gasteiger partial charge on any atom is 0.261 e. The number of benzene rings is 2. The maximum absolute atomic E-state index is 10.6. The quantitative estimate of drug-likeness (QED) is 0.391. The van der Waals surface area contributed by atoms with Crippen molar-refractivity contribution in [1.29, 1.82) is 0 Å². The van der Waals surface area contributed by atoms with Gasteiger partial charge in [-0.1, -0.05) is 93.1 Å². The Hall–Kier alpha value is -1.97. The largest absolute Gasteiger partial charge is 0.404 e. The van der Waals surface area contributed by atoms with Crippen molar-refractivity contribution in [3.05, 3.63) is 72.3 Å². The van der Waals surface area contributed by atoms with E-state index in [0.717, 1.165) is 12.7 Å². The summed E-state index contributed by atoms with van der Waals surface area (Å²) in [4.78, 5) is 10.6. The summed E-state index contributed by atoms with van der Waals surface area (Å²) < 4.78 is 6.79. The lowest BCUT2D eigenvalue weighted by Crippen LogP contribution is -2.66. The van der Waals surface area contributed by atoms with Gasteiger partial charge in [0.15, 0.2) is 0 Å². The molecule has 2 nitrogen and oxygen atoms in total. The van der Waals surface area contributed by atoms with Gasteiger partial charge in [0.1, 0.15) is 6.29 Å². The average molecular weight is 367 g/mol. The first kappa shape index (κ1) is 20.3. The van der Waals surface area contributed by atoms with Crippen molar-refractivity contribution in [2.24, 2.45) is 0 Å². The van der Waals surface area contributed by atoms with E-state index in [1.54, 1.807) is 0 Å². The topological polar surface area (TPSA) is 26.3 Å². The fraction of sp³-hybridized carbons (Fsp3) is 0.348. The fourth-order valence-electron chi connectivity index (χ4n) is 3.46. The number of aldehydes is 1. The average Bonchev–Trinajstić information content (AvgIpc) is 2.64. The first-order valence-corrected chi connectivity index (χ1v) is 11.2. The van der Waals surface area contributed by atoms with Crippen LogP contribution in [0.15, 0.2) is 72.3 Å².